The van der Waals surface area contributed by atoms with E-state index in [0.29, 0.717) is 13.1 Å². The first-order valence-electron chi connectivity index (χ1n) is 9.63. The predicted octanol–water partition coefficient (Wildman–Crippen LogP) is 2.42. The number of hydrogen-bond donors (Lipinski definition) is 0. The number of rotatable bonds is 3. The lowest BCUT2D eigenvalue weighted by atomic mass is 10.1. The van der Waals surface area contributed by atoms with Crippen LogP contribution in [0.4, 0.5) is 5.69 Å². The van der Waals surface area contributed by atoms with Gasteiger partial charge in [0, 0.05) is 44.0 Å². The van der Waals surface area contributed by atoms with Gasteiger partial charge in [0.25, 0.3) is 5.91 Å². The lowest BCUT2D eigenvalue weighted by Crippen LogP contribution is -2.55. The van der Waals surface area contributed by atoms with Crippen LogP contribution in [0.1, 0.15) is 22.8 Å². The first kappa shape index (κ1) is 17.7. The van der Waals surface area contributed by atoms with E-state index in [1.165, 1.54) is 5.56 Å². The van der Waals surface area contributed by atoms with Crippen LogP contribution in [0.25, 0.3) is 0 Å². The fraction of sp³-hybridized carbons (Fsp3) is 0.364. The van der Waals surface area contributed by atoms with Crippen LogP contribution in [0.2, 0.25) is 0 Å². The summed E-state index contributed by atoms with van der Waals surface area (Å²) in [7, 11) is 0. The van der Waals surface area contributed by atoms with Gasteiger partial charge in [0.2, 0.25) is 5.91 Å². The zero-order chi connectivity index (χ0) is 18.8. The number of anilines is 1. The molecule has 5 nitrogen and oxygen atoms in total. The normalized spacial score (nSPS) is 18.3. The highest BCUT2D eigenvalue weighted by atomic mass is 16.2. The molecular weight excluding hydrogens is 338 g/mol. The van der Waals surface area contributed by atoms with E-state index in [-0.39, 0.29) is 17.9 Å². The summed E-state index contributed by atoms with van der Waals surface area (Å²) in [6.07, 6.45) is 0.925. The summed E-state index contributed by atoms with van der Waals surface area (Å²) in [5, 5.41) is 0. The average molecular weight is 363 g/mol. The highest BCUT2D eigenvalue weighted by Crippen LogP contribution is 2.28. The van der Waals surface area contributed by atoms with E-state index in [4.69, 9.17) is 0 Å². The van der Waals surface area contributed by atoms with Gasteiger partial charge >= 0.3 is 0 Å². The second-order valence-electron chi connectivity index (χ2n) is 7.24. The summed E-state index contributed by atoms with van der Waals surface area (Å²) in [4.78, 5) is 31.6. The number of para-hydroxylation sites is 1. The molecule has 0 bridgehead atoms. The van der Waals surface area contributed by atoms with Gasteiger partial charge in [-0.25, -0.2) is 0 Å². The van der Waals surface area contributed by atoms with Crippen LogP contribution >= 0.6 is 0 Å². The van der Waals surface area contributed by atoms with Crippen LogP contribution in [0.15, 0.2) is 54.6 Å². The Kier molecular flexibility index (Phi) is 4.94. The van der Waals surface area contributed by atoms with Crippen molar-refractivity contribution in [1.29, 1.82) is 0 Å². The Balaban J connectivity index is 1.37. The standard InChI is InChI=1S/C22H25N3O2/c1-17(21(26)25-12-11-18-7-5-6-10-20(18)25)23-13-15-24(16-14-23)22(27)19-8-3-2-4-9-19/h2-10,17H,11-16H2,1H3. The summed E-state index contributed by atoms with van der Waals surface area (Å²) >= 11 is 0. The van der Waals surface area contributed by atoms with Crippen molar-refractivity contribution in [3.05, 3.63) is 65.7 Å². The molecule has 140 valence electrons. The number of fused-ring (bicyclic) bond motifs is 1. The number of carbonyl (C=O) groups is 2. The minimum Gasteiger partial charge on any atom is -0.336 e. The molecule has 4 rings (SSSR count). The number of piperazine rings is 1. The average Bonchev–Trinajstić information content (AvgIpc) is 3.17. The second-order valence-corrected chi connectivity index (χ2v) is 7.24. The van der Waals surface area contributed by atoms with Crippen molar-refractivity contribution in [1.82, 2.24) is 9.80 Å². The molecule has 0 aliphatic carbocycles. The molecule has 2 aliphatic heterocycles. The van der Waals surface area contributed by atoms with Crippen molar-refractivity contribution in [3.63, 3.8) is 0 Å². The maximum Gasteiger partial charge on any atom is 0.253 e. The minimum atomic E-state index is -0.176. The Morgan fingerprint density at radius 3 is 2.26 bits per heavy atom. The molecule has 2 aromatic rings. The van der Waals surface area contributed by atoms with E-state index >= 15 is 0 Å². The van der Waals surface area contributed by atoms with Crippen molar-refractivity contribution in [2.45, 2.75) is 19.4 Å². The first-order chi connectivity index (χ1) is 13.1. The smallest absolute Gasteiger partial charge is 0.253 e. The molecule has 0 radical (unpaired) electrons. The Labute approximate surface area is 160 Å². The maximum absolute atomic E-state index is 13.0. The number of hydrogen-bond acceptors (Lipinski definition) is 3. The van der Waals surface area contributed by atoms with Crippen LogP contribution in [0, 0.1) is 0 Å². The van der Waals surface area contributed by atoms with E-state index < -0.39 is 0 Å². The van der Waals surface area contributed by atoms with E-state index in [2.05, 4.69) is 11.0 Å². The van der Waals surface area contributed by atoms with E-state index in [1.807, 2.05) is 65.3 Å². The lowest BCUT2D eigenvalue weighted by Gasteiger charge is -2.38. The largest absolute Gasteiger partial charge is 0.336 e. The predicted molar refractivity (Wildman–Crippen MR) is 106 cm³/mol. The van der Waals surface area contributed by atoms with Gasteiger partial charge in [-0.05, 0) is 37.1 Å². The van der Waals surface area contributed by atoms with Gasteiger partial charge in [0.05, 0.1) is 6.04 Å². The molecular formula is C22H25N3O2. The van der Waals surface area contributed by atoms with Crippen molar-refractivity contribution in [2.24, 2.45) is 0 Å². The van der Waals surface area contributed by atoms with Crippen LogP contribution < -0.4 is 4.90 Å². The topological polar surface area (TPSA) is 43.9 Å². The van der Waals surface area contributed by atoms with Gasteiger partial charge in [-0.15, -0.1) is 0 Å². The summed E-state index contributed by atoms with van der Waals surface area (Å²) in [5.41, 5.74) is 3.02. The Bertz CT molecular complexity index is 828. The van der Waals surface area contributed by atoms with E-state index in [1.54, 1.807) is 0 Å². The molecule has 1 saturated heterocycles. The van der Waals surface area contributed by atoms with E-state index in [0.717, 1.165) is 37.3 Å². The molecule has 1 atom stereocenters. The summed E-state index contributed by atoms with van der Waals surface area (Å²) in [6.45, 7) is 5.50. The van der Waals surface area contributed by atoms with Crippen LogP contribution in [0.3, 0.4) is 0 Å². The molecule has 2 aromatic carbocycles. The molecule has 5 heteroatoms. The molecule has 0 N–H and O–H groups in total. The third-order valence-corrected chi connectivity index (χ3v) is 5.68. The van der Waals surface area contributed by atoms with Crippen molar-refractivity contribution in [3.8, 4) is 0 Å². The monoisotopic (exact) mass is 363 g/mol. The van der Waals surface area contributed by atoms with Gasteiger partial charge in [-0.1, -0.05) is 36.4 Å². The van der Waals surface area contributed by atoms with Crippen LogP contribution in [-0.4, -0.2) is 60.4 Å². The number of benzene rings is 2. The Morgan fingerprint density at radius 1 is 0.852 bits per heavy atom. The summed E-state index contributed by atoms with van der Waals surface area (Å²) < 4.78 is 0. The van der Waals surface area contributed by atoms with Crippen molar-refractivity contribution >= 4 is 17.5 Å². The van der Waals surface area contributed by atoms with Gasteiger partial charge < -0.3 is 9.80 Å². The third-order valence-electron chi connectivity index (χ3n) is 5.68. The minimum absolute atomic E-state index is 0.0719. The molecule has 27 heavy (non-hydrogen) atoms. The molecule has 0 aromatic heterocycles. The molecule has 2 aliphatic rings. The highest BCUT2D eigenvalue weighted by molar-refractivity contribution is 5.98. The van der Waals surface area contributed by atoms with Gasteiger partial charge in [-0.2, -0.15) is 0 Å². The Morgan fingerprint density at radius 2 is 1.52 bits per heavy atom. The number of amides is 2. The SMILES string of the molecule is CC(C(=O)N1CCc2ccccc21)N1CCN(C(=O)c2ccccc2)CC1. The second kappa shape index (κ2) is 7.53. The molecule has 0 spiro atoms. The molecule has 1 unspecified atom stereocenters. The summed E-state index contributed by atoms with van der Waals surface area (Å²) in [5.74, 6) is 0.227. The first-order valence-corrected chi connectivity index (χ1v) is 9.63. The number of nitrogens with zero attached hydrogens (tertiary/aromatic N) is 3. The zero-order valence-electron chi connectivity index (χ0n) is 15.7. The molecule has 1 fully saturated rings. The fourth-order valence-corrected chi connectivity index (χ4v) is 4.02. The third kappa shape index (κ3) is 3.47. The van der Waals surface area contributed by atoms with Gasteiger partial charge in [0.1, 0.15) is 0 Å². The lowest BCUT2D eigenvalue weighted by molar-refractivity contribution is -0.123. The van der Waals surface area contributed by atoms with Crippen LogP contribution in [0.5, 0.6) is 0 Å². The maximum atomic E-state index is 13.0. The highest BCUT2D eigenvalue weighted by Gasteiger charge is 2.33. The van der Waals surface area contributed by atoms with E-state index in [9.17, 15) is 9.59 Å². The molecule has 2 amide bonds. The quantitative estimate of drug-likeness (QED) is 0.841. The van der Waals surface area contributed by atoms with Gasteiger partial charge in [-0.3, -0.25) is 14.5 Å². The molecule has 0 saturated carbocycles. The van der Waals surface area contributed by atoms with Crippen molar-refractivity contribution in [2.75, 3.05) is 37.6 Å². The zero-order valence-corrected chi connectivity index (χ0v) is 15.7. The molecule has 2 heterocycles. The fourth-order valence-electron chi connectivity index (χ4n) is 4.02. The van der Waals surface area contributed by atoms with Gasteiger partial charge in [0.15, 0.2) is 0 Å². The Hall–Kier alpha value is -2.66. The number of carbonyl (C=O) groups excluding carboxylic acids is 2. The van der Waals surface area contributed by atoms with Crippen LogP contribution in [-0.2, 0) is 11.2 Å². The summed E-state index contributed by atoms with van der Waals surface area (Å²) in [6, 6.07) is 17.4. The van der Waals surface area contributed by atoms with Crippen molar-refractivity contribution < 1.29 is 9.59 Å².